The number of aromatic nitrogens is 1. The number of hydrogen-bond acceptors (Lipinski definition) is 3. The second kappa shape index (κ2) is 8.31. The largest absolute Gasteiger partial charge is 0.345 e. The van der Waals surface area contributed by atoms with Crippen molar-refractivity contribution in [3.63, 3.8) is 0 Å². The first-order valence-electron chi connectivity index (χ1n) is 10.5. The maximum Gasteiger partial charge on any atom is 0.261 e. The summed E-state index contributed by atoms with van der Waals surface area (Å²) in [6.07, 6.45) is 6.59. The Labute approximate surface area is 166 Å². The van der Waals surface area contributed by atoms with Crippen molar-refractivity contribution in [3.8, 4) is 0 Å². The smallest absolute Gasteiger partial charge is 0.261 e. The molecule has 0 aliphatic heterocycles. The highest BCUT2D eigenvalue weighted by molar-refractivity contribution is 5.94. The Morgan fingerprint density at radius 1 is 1.18 bits per heavy atom. The van der Waals surface area contributed by atoms with Crippen molar-refractivity contribution >= 4 is 5.91 Å². The van der Waals surface area contributed by atoms with Gasteiger partial charge in [-0.25, -0.2) is 0 Å². The number of H-pyrrole nitrogens is 1. The number of nitrogens with one attached hydrogen (secondary N) is 2. The lowest BCUT2D eigenvalue weighted by Crippen LogP contribution is -2.35. The molecule has 1 saturated carbocycles. The molecule has 5 nitrogen and oxygen atoms in total. The Hall–Kier alpha value is -2.40. The first-order valence-corrected chi connectivity index (χ1v) is 10.5. The number of pyridine rings is 1. The van der Waals surface area contributed by atoms with Crippen molar-refractivity contribution in [2.45, 2.75) is 64.1 Å². The zero-order chi connectivity index (χ0) is 19.5. The summed E-state index contributed by atoms with van der Waals surface area (Å²) in [4.78, 5) is 30.7. The fourth-order valence-electron chi connectivity index (χ4n) is 4.26. The van der Waals surface area contributed by atoms with Crippen molar-refractivity contribution < 1.29 is 4.79 Å². The van der Waals surface area contributed by atoms with Gasteiger partial charge in [0, 0.05) is 18.3 Å². The van der Waals surface area contributed by atoms with E-state index in [9.17, 15) is 9.59 Å². The minimum Gasteiger partial charge on any atom is -0.345 e. The van der Waals surface area contributed by atoms with Crippen LogP contribution in [-0.4, -0.2) is 28.4 Å². The third-order valence-electron chi connectivity index (χ3n) is 5.84. The summed E-state index contributed by atoms with van der Waals surface area (Å²) in [5.41, 5.74) is 3.24. The van der Waals surface area contributed by atoms with Crippen LogP contribution in [0.4, 0.5) is 0 Å². The second-order valence-electron chi connectivity index (χ2n) is 8.05. The number of hydrogen-bond donors (Lipinski definition) is 2. The number of rotatable bonds is 7. The highest BCUT2D eigenvalue weighted by atomic mass is 16.2. The Balaban J connectivity index is 1.46. The summed E-state index contributed by atoms with van der Waals surface area (Å²) < 4.78 is 0. The molecule has 0 saturated heterocycles. The van der Waals surface area contributed by atoms with E-state index < -0.39 is 0 Å². The normalized spacial score (nSPS) is 18.7. The van der Waals surface area contributed by atoms with Crippen LogP contribution in [0.3, 0.4) is 0 Å². The Morgan fingerprint density at radius 3 is 2.75 bits per heavy atom. The quantitative estimate of drug-likeness (QED) is 0.773. The minimum atomic E-state index is -0.300. The topological polar surface area (TPSA) is 65.2 Å². The molecule has 1 aromatic carbocycles. The van der Waals surface area contributed by atoms with Crippen LogP contribution in [0, 0.1) is 0 Å². The van der Waals surface area contributed by atoms with Gasteiger partial charge >= 0.3 is 0 Å². The van der Waals surface area contributed by atoms with Gasteiger partial charge in [0.1, 0.15) is 5.56 Å². The molecule has 5 heteroatoms. The number of nitrogens with zero attached hydrogens (tertiary/aromatic N) is 1. The van der Waals surface area contributed by atoms with E-state index in [1.807, 2.05) is 18.2 Å². The lowest BCUT2D eigenvalue weighted by Gasteiger charge is -2.26. The van der Waals surface area contributed by atoms with Gasteiger partial charge in [-0.05, 0) is 68.3 Å². The summed E-state index contributed by atoms with van der Waals surface area (Å²) in [7, 11) is 0. The first kappa shape index (κ1) is 18.9. The van der Waals surface area contributed by atoms with Crippen LogP contribution in [0.2, 0.25) is 0 Å². The van der Waals surface area contributed by atoms with Crippen LogP contribution in [0.5, 0.6) is 0 Å². The highest BCUT2D eigenvalue weighted by Gasteiger charge is 2.28. The van der Waals surface area contributed by atoms with Crippen LogP contribution >= 0.6 is 0 Å². The number of aryl methyl sites for hydroxylation is 1. The number of carbonyl (C=O) groups is 1. The lowest BCUT2D eigenvalue weighted by atomic mass is 9.87. The van der Waals surface area contributed by atoms with Gasteiger partial charge in [-0.1, -0.05) is 31.2 Å². The molecule has 2 aromatic rings. The van der Waals surface area contributed by atoms with E-state index in [1.165, 1.54) is 24.0 Å². The lowest BCUT2D eigenvalue weighted by molar-refractivity contribution is 0.0931. The van der Waals surface area contributed by atoms with E-state index in [1.54, 1.807) is 6.07 Å². The van der Waals surface area contributed by atoms with Crippen molar-refractivity contribution in [2.75, 3.05) is 6.54 Å². The zero-order valence-electron chi connectivity index (χ0n) is 16.5. The molecule has 28 heavy (non-hydrogen) atoms. The van der Waals surface area contributed by atoms with Gasteiger partial charge in [-0.2, -0.15) is 0 Å². The molecule has 1 heterocycles. The maximum absolute atomic E-state index is 12.8. The molecule has 1 aromatic heterocycles. The van der Waals surface area contributed by atoms with E-state index in [0.717, 1.165) is 44.5 Å². The van der Waals surface area contributed by atoms with E-state index >= 15 is 0 Å². The molecule has 2 aliphatic rings. The number of amides is 1. The molecule has 0 unspecified atom stereocenters. The average Bonchev–Trinajstić information content (AvgIpc) is 3.53. The molecule has 0 spiro atoms. The van der Waals surface area contributed by atoms with Crippen LogP contribution in [0.15, 0.2) is 41.2 Å². The summed E-state index contributed by atoms with van der Waals surface area (Å²) in [5.74, 6) is -0.290. The highest BCUT2D eigenvalue weighted by Crippen LogP contribution is 2.30. The van der Waals surface area contributed by atoms with Gasteiger partial charge in [0.05, 0.1) is 6.04 Å². The van der Waals surface area contributed by atoms with Gasteiger partial charge in [-0.3, -0.25) is 14.5 Å². The van der Waals surface area contributed by atoms with Gasteiger partial charge in [0.2, 0.25) is 0 Å². The predicted molar refractivity (Wildman–Crippen MR) is 110 cm³/mol. The Kier molecular flexibility index (Phi) is 5.62. The Bertz CT molecular complexity index is 901. The predicted octanol–water partition coefficient (Wildman–Crippen LogP) is 3.56. The van der Waals surface area contributed by atoms with Gasteiger partial charge in [0.15, 0.2) is 0 Å². The molecule has 0 bridgehead atoms. The van der Waals surface area contributed by atoms with Crippen molar-refractivity contribution in [1.29, 1.82) is 0 Å². The summed E-state index contributed by atoms with van der Waals surface area (Å²) in [6.45, 7) is 3.95. The van der Waals surface area contributed by atoms with Crippen LogP contribution in [-0.2, 0) is 13.0 Å². The number of benzene rings is 1. The molecule has 0 radical (unpaired) electrons. The fourth-order valence-corrected chi connectivity index (χ4v) is 4.26. The molecule has 148 valence electrons. The molecule has 1 atom stereocenters. The van der Waals surface area contributed by atoms with Crippen LogP contribution in [0.25, 0.3) is 0 Å². The van der Waals surface area contributed by atoms with Crippen molar-refractivity contribution in [3.05, 3.63) is 69.1 Å². The third-order valence-corrected chi connectivity index (χ3v) is 5.84. The van der Waals surface area contributed by atoms with Crippen LogP contribution < -0.4 is 10.9 Å². The zero-order valence-corrected chi connectivity index (χ0v) is 16.5. The van der Waals surface area contributed by atoms with E-state index in [4.69, 9.17) is 0 Å². The molecular formula is C23H29N3O2. The molecule has 2 aliphatic carbocycles. The van der Waals surface area contributed by atoms with Gasteiger partial charge < -0.3 is 10.3 Å². The van der Waals surface area contributed by atoms with Crippen molar-refractivity contribution in [2.24, 2.45) is 0 Å². The average molecular weight is 380 g/mol. The second-order valence-corrected chi connectivity index (χ2v) is 8.05. The molecule has 4 rings (SSSR count). The SMILES string of the molecule is CCCN(Cc1ccc(C(=O)N[C@@H]2CCCc3ccccc32)c(=O)[nH]1)C1CC1. The minimum absolute atomic E-state index is 0.0218. The summed E-state index contributed by atoms with van der Waals surface area (Å²) in [6, 6.07) is 12.4. The number of carbonyl (C=O) groups excluding carboxylic acids is 1. The number of fused-ring (bicyclic) bond motifs is 1. The maximum atomic E-state index is 12.8. The standard InChI is InChI=1S/C23H29N3O2/c1-2-14-26(18-11-12-18)15-17-10-13-20(22(27)24-17)23(28)25-21-9-5-7-16-6-3-4-8-19(16)21/h3-4,6,8,10,13,18,21H,2,5,7,9,11-12,14-15H2,1H3,(H,24,27)(H,25,28)/t21-/m1/s1. The fraction of sp³-hybridized carbons (Fsp3) is 0.478. The van der Waals surface area contributed by atoms with Crippen molar-refractivity contribution in [1.82, 2.24) is 15.2 Å². The van der Waals surface area contributed by atoms with E-state index in [-0.39, 0.29) is 23.1 Å². The number of aromatic amines is 1. The summed E-state index contributed by atoms with van der Waals surface area (Å²) >= 11 is 0. The molecule has 1 amide bonds. The van der Waals surface area contributed by atoms with Crippen LogP contribution in [0.1, 0.15) is 72.2 Å². The monoisotopic (exact) mass is 379 g/mol. The third kappa shape index (κ3) is 4.20. The van der Waals surface area contributed by atoms with E-state index in [2.05, 4.69) is 34.3 Å². The van der Waals surface area contributed by atoms with E-state index in [0.29, 0.717) is 6.04 Å². The first-order chi connectivity index (χ1) is 13.7. The molecule has 2 N–H and O–H groups in total. The molecular weight excluding hydrogens is 350 g/mol. The molecule has 1 fully saturated rings. The summed E-state index contributed by atoms with van der Waals surface area (Å²) in [5, 5.41) is 3.07. The van der Waals surface area contributed by atoms with Gasteiger partial charge in [0.25, 0.3) is 11.5 Å². The van der Waals surface area contributed by atoms with Gasteiger partial charge in [-0.15, -0.1) is 0 Å². The Morgan fingerprint density at radius 2 is 2.00 bits per heavy atom.